The van der Waals surface area contributed by atoms with Crippen molar-refractivity contribution in [3.63, 3.8) is 0 Å². The van der Waals surface area contributed by atoms with Crippen LogP contribution in [0.15, 0.2) is 48.5 Å². The molecule has 0 spiro atoms. The van der Waals surface area contributed by atoms with E-state index in [-0.39, 0.29) is 30.4 Å². The van der Waals surface area contributed by atoms with Crippen molar-refractivity contribution in [2.24, 2.45) is 11.8 Å². The van der Waals surface area contributed by atoms with Crippen LogP contribution in [0.25, 0.3) is 11.1 Å². The first-order valence-electron chi connectivity index (χ1n) is 12.1. The second-order valence-electron chi connectivity index (χ2n) is 9.29. The van der Waals surface area contributed by atoms with Crippen LogP contribution in [0, 0.1) is 11.8 Å². The highest BCUT2D eigenvalue weighted by atomic mass is 16.5. The van der Waals surface area contributed by atoms with Gasteiger partial charge in [0.1, 0.15) is 6.61 Å². The van der Waals surface area contributed by atoms with Gasteiger partial charge >= 0.3 is 12.1 Å². The molecule has 1 saturated carbocycles. The zero-order valence-corrected chi connectivity index (χ0v) is 19.5. The Hall–Kier alpha value is -3.35. The van der Waals surface area contributed by atoms with Crippen LogP contribution in [-0.2, 0) is 14.3 Å². The number of carboxylic acid groups (broad SMARTS) is 1. The van der Waals surface area contributed by atoms with Gasteiger partial charge in [0.05, 0.1) is 11.8 Å². The standard InChI is InChI=1S/C27H32N2O5/c1-17(26(31)32)14-15-28-25(30)22-12-6-7-13-24(22)29-27(33)34-16-23-20-10-4-2-8-18(20)19-9-3-5-11-21(19)23/h2-5,8-11,17,22-24H,6-7,12-16H2,1H3,(H,28,30)(H,29,33)(H,31,32)/t17?,22-,24+/m0/s1. The number of nitrogens with one attached hydrogen (secondary N) is 2. The average molecular weight is 465 g/mol. The van der Waals surface area contributed by atoms with Crippen molar-refractivity contribution in [1.29, 1.82) is 0 Å². The van der Waals surface area contributed by atoms with Crippen molar-refractivity contribution in [3.05, 3.63) is 59.7 Å². The Morgan fingerprint density at radius 2 is 1.62 bits per heavy atom. The number of carbonyl (C=O) groups excluding carboxylic acids is 2. The van der Waals surface area contributed by atoms with Crippen molar-refractivity contribution in [2.75, 3.05) is 13.2 Å². The molecule has 0 bridgehead atoms. The van der Waals surface area contributed by atoms with Gasteiger partial charge in [0.15, 0.2) is 0 Å². The number of fused-ring (bicyclic) bond motifs is 3. The van der Waals surface area contributed by atoms with Crippen molar-refractivity contribution in [3.8, 4) is 11.1 Å². The largest absolute Gasteiger partial charge is 0.481 e. The zero-order chi connectivity index (χ0) is 24.1. The number of rotatable bonds is 8. The molecule has 2 aliphatic rings. The van der Waals surface area contributed by atoms with Crippen LogP contribution < -0.4 is 10.6 Å². The molecule has 7 nitrogen and oxygen atoms in total. The van der Waals surface area contributed by atoms with E-state index in [9.17, 15) is 14.4 Å². The Labute approximate surface area is 199 Å². The maximum absolute atomic E-state index is 12.7. The maximum Gasteiger partial charge on any atom is 0.407 e. The molecule has 180 valence electrons. The summed E-state index contributed by atoms with van der Waals surface area (Å²) < 4.78 is 5.66. The molecule has 0 radical (unpaired) electrons. The van der Waals surface area contributed by atoms with E-state index >= 15 is 0 Å². The van der Waals surface area contributed by atoms with Gasteiger partial charge in [-0.05, 0) is 41.5 Å². The van der Waals surface area contributed by atoms with Gasteiger partial charge in [-0.2, -0.15) is 0 Å². The van der Waals surface area contributed by atoms with Crippen molar-refractivity contribution < 1.29 is 24.2 Å². The topological polar surface area (TPSA) is 105 Å². The summed E-state index contributed by atoms with van der Waals surface area (Å²) in [6.45, 7) is 2.16. The summed E-state index contributed by atoms with van der Waals surface area (Å²) in [7, 11) is 0. The molecule has 3 N–H and O–H groups in total. The van der Waals surface area contributed by atoms with Gasteiger partial charge in [0, 0.05) is 18.5 Å². The van der Waals surface area contributed by atoms with Crippen LogP contribution in [0.1, 0.15) is 56.1 Å². The van der Waals surface area contributed by atoms with E-state index < -0.39 is 18.0 Å². The molecule has 2 aromatic rings. The molecule has 34 heavy (non-hydrogen) atoms. The van der Waals surface area contributed by atoms with E-state index in [1.807, 2.05) is 24.3 Å². The molecule has 0 aromatic heterocycles. The number of alkyl carbamates (subject to hydrolysis) is 1. The molecule has 0 aliphatic heterocycles. The van der Waals surface area contributed by atoms with Crippen molar-refractivity contribution in [2.45, 2.75) is 51.0 Å². The third-order valence-corrected chi connectivity index (χ3v) is 7.05. The average Bonchev–Trinajstić information content (AvgIpc) is 3.16. The van der Waals surface area contributed by atoms with Gasteiger partial charge in [-0.1, -0.05) is 68.3 Å². The first-order valence-corrected chi connectivity index (χ1v) is 12.1. The van der Waals surface area contributed by atoms with Crippen LogP contribution in [-0.4, -0.2) is 42.3 Å². The number of ether oxygens (including phenoxy) is 1. The lowest BCUT2D eigenvalue weighted by Crippen LogP contribution is -2.48. The summed E-state index contributed by atoms with van der Waals surface area (Å²) in [5, 5.41) is 14.8. The fourth-order valence-electron chi connectivity index (χ4n) is 5.08. The van der Waals surface area contributed by atoms with E-state index in [0.29, 0.717) is 25.8 Å². The molecule has 7 heteroatoms. The minimum absolute atomic E-state index is 0.0140. The fraction of sp³-hybridized carbons (Fsp3) is 0.444. The lowest BCUT2D eigenvalue weighted by Gasteiger charge is -2.31. The van der Waals surface area contributed by atoms with Gasteiger partial charge in [-0.3, -0.25) is 9.59 Å². The summed E-state index contributed by atoms with van der Waals surface area (Å²) in [5.41, 5.74) is 4.66. The molecule has 3 atom stereocenters. The monoisotopic (exact) mass is 464 g/mol. The zero-order valence-electron chi connectivity index (χ0n) is 19.5. The molecule has 4 rings (SSSR count). The number of benzene rings is 2. The Morgan fingerprint density at radius 1 is 1.00 bits per heavy atom. The smallest absolute Gasteiger partial charge is 0.407 e. The maximum atomic E-state index is 12.7. The quantitative estimate of drug-likeness (QED) is 0.540. The van der Waals surface area contributed by atoms with Gasteiger partial charge in [0.2, 0.25) is 5.91 Å². The summed E-state index contributed by atoms with van der Waals surface area (Å²) in [5.74, 6) is -1.88. The SMILES string of the molecule is CC(CCNC(=O)[C@H]1CCCC[C@H]1NC(=O)OCC1c2ccccc2-c2ccccc21)C(=O)O. The van der Waals surface area contributed by atoms with Gasteiger partial charge < -0.3 is 20.5 Å². The third-order valence-electron chi connectivity index (χ3n) is 7.05. The minimum Gasteiger partial charge on any atom is -0.481 e. The highest BCUT2D eigenvalue weighted by Crippen LogP contribution is 2.44. The highest BCUT2D eigenvalue weighted by Gasteiger charge is 2.33. The Balaban J connectivity index is 1.33. The van der Waals surface area contributed by atoms with Crippen molar-refractivity contribution in [1.82, 2.24) is 10.6 Å². The lowest BCUT2D eigenvalue weighted by atomic mass is 9.84. The van der Waals surface area contributed by atoms with E-state index in [1.165, 1.54) is 11.1 Å². The third kappa shape index (κ3) is 5.24. The molecule has 1 unspecified atom stereocenters. The van der Waals surface area contributed by atoms with Crippen LogP contribution in [0.5, 0.6) is 0 Å². The molecule has 2 amide bonds. The Kier molecular flexibility index (Phi) is 7.50. The van der Waals surface area contributed by atoms with Crippen LogP contribution in [0.2, 0.25) is 0 Å². The molecule has 0 saturated heterocycles. The number of amides is 2. The van der Waals surface area contributed by atoms with Crippen LogP contribution in [0.4, 0.5) is 4.79 Å². The number of carbonyl (C=O) groups is 3. The van der Waals surface area contributed by atoms with E-state index in [0.717, 1.165) is 24.0 Å². The van der Waals surface area contributed by atoms with Crippen LogP contribution in [0.3, 0.4) is 0 Å². The molecule has 0 heterocycles. The number of carboxylic acids is 1. The summed E-state index contributed by atoms with van der Waals surface area (Å²) in [6.07, 6.45) is 3.13. The van der Waals surface area contributed by atoms with Crippen LogP contribution >= 0.6 is 0 Å². The second kappa shape index (κ2) is 10.7. The van der Waals surface area contributed by atoms with E-state index in [4.69, 9.17) is 9.84 Å². The number of aliphatic carboxylic acids is 1. The van der Waals surface area contributed by atoms with E-state index in [1.54, 1.807) is 6.92 Å². The van der Waals surface area contributed by atoms with Gasteiger partial charge in [0.25, 0.3) is 0 Å². The van der Waals surface area contributed by atoms with Gasteiger partial charge in [-0.25, -0.2) is 4.79 Å². The lowest BCUT2D eigenvalue weighted by molar-refractivity contribution is -0.141. The van der Waals surface area contributed by atoms with Gasteiger partial charge in [-0.15, -0.1) is 0 Å². The van der Waals surface area contributed by atoms with Crippen molar-refractivity contribution >= 4 is 18.0 Å². The number of hydrogen-bond acceptors (Lipinski definition) is 4. The predicted molar refractivity (Wildman–Crippen MR) is 128 cm³/mol. The Morgan fingerprint density at radius 3 is 2.26 bits per heavy atom. The molecule has 1 fully saturated rings. The summed E-state index contributed by atoms with van der Waals surface area (Å²) >= 11 is 0. The summed E-state index contributed by atoms with van der Waals surface area (Å²) in [6, 6.07) is 16.1. The molecular formula is C27H32N2O5. The Bertz CT molecular complexity index is 1010. The normalized spacial score (nSPS) is 20.0. The molecule has 2 aliphatic carbocycles. The number of hydrogen-bond donors (Lipinski definition) is 3. The predicted octanol–water partition coefficient (Wildman–Crippen LogP) is 4.31. The minimum atomic E-state index is -0.873. The second-order valence-corrected chi connectivity index (χ2v) is 9.29. The highest BCUT2D eigenvalue weighted by molar-refractivity contribution is 5.81. The molecular weight excluding hydrogens is 432 g/mol. The molecule has 2 aromatic carbocycles. The first-order chi connectivity index (χ1) is 16.5. The summed E-state index contributed by atoms with van der Waals surface area (Å²) in [4.78, 5) is 36.4. The first kappa shape index (κ1) is 23.8. The fourth-order valence-corrected chi connectivity index (χ4v) is 5.08. The van der Waals surface area contributed by atoms with E-state index in [2.05, 4.69) is 34.9 Å².